The minimum atomic E-state index is -0.658. The van der Waals surface area contributed by atoms with Gasteiger partial charge in [-0.2, -0.15) is 0 Å². The minimum absolute atomic E-state index is 0.0217. The maximum absolute atomic E-state index is 12.8. The van der Waals surface area contributed by atoms with Crippen molar-refractivity contribution in [3.8, 4) is 5.75 Å². The Bertz CT molecular complexity index is 915. The lowest BCUT2D eigenvalue weighted by atomic mass is 10.0. The van der Waals surface area contributed by atoms with Gasteiger partial charge >= 0.3 is 0 Å². The second kappa shape index (κ2) is 5.09. The Morgan fingerprint density at radius 1 is 1.21 bits per heavy atom. The molecule has 0 radical (unpaired) electrons. The lowest BCUT2D eigenvalue weighted by molar-refractivity contribution is -0.384. The van der Waals surface area contributed by atoms with Gasteiger partial charge in [0.2, 0.25) is 6.23 Å². The fraction of sp³-hybridized carbons (Fsp3) is 0.188. The van der Waals surface area contributed by atoms with Gasteiger partial charge < -0.3 is 4.74 Å². The summed E-state index contributed by atoms with van der Waals surface area (Å²) in [6, 6.07) is 7.58. The predicted octanol–water partition coefficient (Wildman–Crippen LogP) is 4.51. The van der Waals surface area contributed by atoms with Crippen LogP contribution in [0.5, 0.6) is 5.75 Å². The van der Waals surface area contributed by atoms with Crippen molar-refractivity contribution >= 4 is 34.8 Å². The highest BCUT2D eigenvalue weighted by molar-refractivity contribution is 6.33. The van der Waals surface area contributed by atoms with E-state index >= 15 is 0 Å². The number of amides is 1. The second-order valence-electron chi connectivity index (χ2n) is 5.69. The number of nitrogens with zero attached hydrogens (tertiary/aromatic N) is 2. The minimum Gasteiger partial charge on any atom is -0.466 e. The van der Waals surface area contributed by atoms with E-state index in [-0.39, 0.29) is 28.2 Å². The van der Waals surface area contributed by atoms with Crippen molar-refractivity contribution in [2.24, 2.45) is 0 Å². The number of halogens is 2. The molecule has 2 aromatic carbocycles. The van der Waals surface area contributed by atoms with Crippen LogP contribution in [0.1, 0.15) is 40.7 Å². The summed E-state index contributed by atoms with van der Waals surface area (Å²) in [6.07, 6.45) is -0.658. The third-order valence-corrected chi connectivity index (χ3v) is 4.91. The van der Waals surface area contributed by atoms with Gasteiger partial charge in [0.15, 0.2) is 0 Å². The molecule has 2 heterocycles. The van der Waals surface area contributed by atoms with Gasteiger partial charge in [0, 0.05) is 22.2 Å². The molecule has 0 saturated carbocycles. The number of ether oxygens (including phenoxy) is 1. The highest BCUT2D eigenvalue weighted by atomic mass is 35.5. The fourth-order valence-corrected chi connectivity index (χ4v) is 3.65. The number of nitro benzene ring substituents is 1. The van der Waals surface area contributed by atoms with E-state index in [1.165, 1.54) is 12.1 Å². The Morgan fingerprint density at radius 3 is 2.67 bits per heavy atom. The average Bonchev–Trinajstić information content (AvgIpc) is 2.80. The SMILES string of the molecule is CC1c2cc(Cl)ccc2OC2c3cc(Cl)c([N+](=O)[O-])cc3C(=O)N12. The van der Waals surface area contributed by atoms with E-state index in [2.05, 4.69) is 0 Å². The molecule has 1 amide bonds. The van der Waals surface area contributed by atoms with Gasteiger partial charge in [0.05, 0.1) is 16.5 Å². The number of hydrogen-bond acceptors (Lipinski definition) is 4. The van der Waals surface area contributed by atoms with Crippen molar-refractivity contribution in [2.45, 2.75) is 19.2 Å². The van der Waals surface area contributed by atoms with E-state index < -0.39 is 11.2 Å². The molecule has 0 bridgehead atoms. The van der Waals surface area contributed by atoms with Crippen molar-refractivity contribution in [2.75, 3.05) is 0 Å². The zero-order valence-corrected chi connectivity index (χ0v) is 13.8. The first-order chi connectivity index (χ1) is 11.4. The average molecular weight is 365 g/mol. The number of carbonyl (C=O) groups excluding carboxylic acids is 1. The quantitative estimate of drug-likeness (QED) is 0.551. The lowest BCUT2D eigenvalue weighted by Crippen LogP contribution is -2.37. The van der Waals surface area contributed by atoms with Gasteiger partial charge in [-0.15, -0.1) is 0 Å². The predicted molar refractivity (Wildman–Crippen MR) is 87.5 cm³/mol. The standard InChI is InChI=1S/C16H10Cl2N2O4/c1-7-9-4-8(17)2-3-14(9)24-16-11-5-12(18)13(20(22)23)6-10(11)15(21)19(7)16/h2-7,16H,1H3. The molecule has 122 valence electrons. The molecule has 8 heteroatoms. The molecule has 0 spiro atoms. The van der Waals surface area contributed by atoms with Gasteiger partial charge in [0.1, 0.15) is 10.8 Å². The summed E-state index contributed by atoms with van der Waals surface area (Å²) in [4.78, 5) is 24.8. The molecule has 2 aliphatic heterocycles. The summed E-state index contributed by atoms with van der Waals surface area (Å²) in [5, 5.41) is 11.6. The molecule has 2 unspecified atom stereocenters. The van der Waals surface area contributed by atoms with Crippen LogP contribution in [0.25, 0.3) is 0 Å². The molecule has 0 fully saturated rings. The first kappa shape index (κ1) is 15.2. The van der Waals surface area contributed by atoms with Crippen LogP contribution < -0.4 is 4.74 Å². The van der Waals surface area contributed by atoms with Gasteiger partial charge in [0.25, 0.3) is 11.6 Å². The Labute approximate surface area is 146 Å². The van der Waals surface area contributed by atoms with Crippen LogP contribution >= 0.6 is 23.2 Å². The molecule has 4 rings (SSSR count). The third kappa shape index (κ3) is 2.00. The molecule has 2 aromatic rings. The lowest BCUT2D eigenvalue weighted by Gasteiger charge is -2.37. The Kier molecular flexibility index (Phi) is 3.23. The van der Waals surface area contributed by atoms with E-state index in [1.54, 1.807) is 23.1 Å². The van der Waals surface area contributed by atoms with E-state index in [1.807, 2.05) is 6.92 Å². The molecule has 0 aromatic heterocycles. The van der Waals surface area contributed by atoms with Gasteiger partial charge in [-0.3, -0.25) is 19.8 Å². The second-order valence-corrected chi connectivity index (χ2v) is 6.53. The molecule has 0 saturated heterocycles. The number of fused-ring (bicyclic) bond motifs is 4. The van der Waals surface area contributed by atoms with Crippen LogP contribution in [0.15, 0.2) is 30.3 Å². The first-order valence-corrected chi connectivity index (χ1v) is 7.90. The maximum Gasteiger partial charge on any atom is 0.288 e. The summed E-state index contributed by atoms with van der Waals surface area (Å²) in [5.41, 5.74) is 1.27. The smallest absolute Gasteiger partial charge is 0.288 e. The summed E-state index contributed by atoms with van der Waals surface area (Å²) < 4.78 is 5.95. The van der Waals surface area contributed by atoms with E-state index in [0.29, 0.717) is 16.3 Å². The van der Waals surface area contributed by atoms with E-state index in [4.69, 9.17) is 27.9 Å². The Balaban J connectivity index is 1.87. The molecule has 24 heavy (non-hydrogen) atoms. The Hall–Kier alpha value is -2.31. The maximum atomic E-state index is 12.8. The van der Waals surface area contributed by atoms with Crippen molar-refractivity contribution in [1.29, 1.82) is 0 Å². The largest absolute Gasteiger partial charge is 0.466 e. The molecule has 2 aliphatic rings. The van der Waals surface area contributed by atoms with Crippen LogP contribution in [0, 0.1) is 10.1 Å². The molecular formula is C16H10Cl2N2O4. The third-order valence-electron chi connectivity index (χ3n) is 4.38. The topological polar surface area (TPSA) is 72.7 Å². The summed E-state index contributed by atoms with van der Waals surface area (Å²) in [7, 11) is 0. The zero-order valence-electron chi connectivity index (χ0n) is 12.3. The van der Waals surface area contributed by atoms with Gasteiger partial charge in [-0.05, 0) is 31.2 Å². The summed E-state index contributed by atoms with van der Waals surface area (Å²) >= 11 is 12.0. The first-order valence-electron chi connectivity index (χ1n) is 7.15. The van der Waals surface area contributed by atoms with E-state index in [9.17, 15) is 14.9 Å². The van der Waals surface area contributed by atoms with Crippen molar-refractivity contribution in [1.82, 2.24) is 4.90 Å². The number of carbonyl (C=O) groups is 1. The van der Waals surface area contributed by atoms with Crippen LogP contribution in [0.3, 0.4) is 0 Å². The normalized spacial score (nSPS) is 21.0. The van der Waals surface area contributed by atoms with E-state index in [0.717, 1.165) is 5.56 Å². The molecule has 2 atom stereocenters. The zero-order chi connectivity index (χ0) is 17.2. The number of benzene rings is 2. The highest BCUT2D eigenvalue weighted by Crippen LogP contribution is 2.49. The van der Waals surface area contributed by atoms with Crippen LogP contribution in [0.2, 0.25) is 10.0 Å². The molecule has 0 N–H and O–H groups in total. The molecular weight excluding hydrogens is 355 g/mol. The number of rotatable bonds is 1. The van der Waals surface area contributed by atoms with Gasteiger partial charge in [-0.1, -0.05) is 23.2 Å². The molecule has 6 nitrogen and oxygen atoms in total. The van der Waals surface area contributed by atoms with Crippen molar-refractivity contribution in [3.63, 3.8) is 0 Å². The van der Waals surface area contributed by atoms with Crippen molar-refractivity contribution in [3.05, 3.63) is 67.2 Å². The van der Waals surface area contributed by atoms with Crippen LogP contribution in [0.4, 0.5) is 5.69 Å². The Morgan fingerprint density at radius 2 is 1.96 bits per heavy atom. The monoisotopic (exact) mass is 364 g/mol. The van der Waals surface area contributed by atoms with Crippen LogP contribution in [-0.4, -0.2) is 15.7 Å². The fourth-order valence-electron chi connectivity index (χ4n) is 3.22. The molecule has 0 aliphatic carbocycles. The number of hydrogen-bond donors (Lipinski definition) is 0. The highest BCUT2D eigenvalue weighted by Gasteiger charge is 2.46. The summed E-state index contributed by atoms with van der Waals surface area (Å²) in [6.45, 7) is 1.87. The van der Waals surface area contributed by atoms with Gasteiger partial charge in [-0.25, -0.2) is 0 Å². The summed E-state index contributed by atoms with van der Waals surface area (Å²) in [5.74, 6) is 0.302. The van der Waals surface area contributed by atoms with Crippen molar-refractivity contribution < 1.29 is 14.5 Å². The number of nitro groups is 1. The van der Waals surface area contributed by atoms with Crippen LogP contribution in [-0.2, 0) is 0 Å².